The summed E-state index contributed by atoms with van der Waals surface area (Å²) in [5, 5.41) is 84.7. The highest BCUT2D eigenvalue weighted by Crippen LogP contribution is 2.29. The van der Waals surface area contributed by atoms with Gasteiger partial charge in [0.2, 0.25) is 0 Å². The minimum Gasteiger partial charge on any atom is -0.481 e. The molecule has 10 aromatic carbocycles. The van der Waals surface area contributed by atoms with Crippen LogP contribution in [0.15, 0.2) is 316 Å². The highest BCUT2D eigenvalue weighted by molar-refractivity contribution is 6.30. The predicted molar refractivity (Wildman–Crippen MR) is 524 cm³/mol. The van der Waals surface area contributed by atoms with Gasteiger partial charge in [-0.15, -0.1) is 40.8 Å². The zero-order chi connectivity index (χ0) is 94.4. The molecule has 1 unspecified atom stereocenters. The van der Waals surface area contributed by atoms with Gasteiger partial charge < -0.3 is 23.4 Å². The summed E-state index contributed by atoms with van der Waals surface area (Å²) in [5.74, 6) is 2.32. The van der Waals surface area contributed by atoms with Gasteiger partial charge in [0.15, 0.2) is 0 Å². The van der Waals surface area contributed by atoms with Crippen molar-refractivity contribution in [3.8, 4) is 24.3 Å². The number of hydrogen-bond acceptors (Lipinski definition) is 21. The van der Waals surface area contributed by atoms with E-state index < -0.39 is 5.97 Å². The van der Waals surface area contributed by atoms with Crippen molar-refractivity contribution in [3.05, 3.63) is 429 Å². The van der Waals surface area contributed by atoms with Crippen molar-refractivity contribution in [1.82, 2.24) is 98.6 Å². The zero-order valence-electron chi connectivity index (χ0n) is 75.9. The Morgan fingerprint density at radius 3 is 1.14 bits per heavy atom. The first-order valence-corrected chi connectivity index (χ1v) is 46.0. The van der Waals surface area contributed by atoms with E-state index in [0.29, 0.717) is 107 Å². The maximum atomic E-state index is 13.5. The highest BCUT2D eigenvalue weighted by Gasteiger charge is 2.26. The summed E-state index contributed by atoms with van der Waals surface area (Å²) < 4.78 is 21.6. The minimum absolute atomic E-state index is 0.0251. The molecule has 28 heteroatoms. The Labute approximate surface area is 799 Å². The van der Waals surface area contributed by atoms with E-state index >= 15 is 0 Å². The molecule has 1 aliphatic rings. The van der Waals surface area contributed by atoms with Crippen LogP contribution in [0.2, 0.25) is 5.02 Å². The number of rotatable bonds is 33. The smallest absolute Gasteiger partial charge is 0.304 e. The lowest BCUT2D eigenvalue weighted by Crippen LogP contribution is -2.37. The second-order valence-electron chi connectivity index (χ2n) is 34.1. The fraction of sp³-hybridized carbons (Fsp3) is 0.220. The normalized spacial score (nSPS) is 12.2. The maximum absolute atomic E-state index is 13.5. The molecule has 19 rings (SSSR count). The Morgan fingerprint density at radius 1 is 0.387 bits per heavy atom. The van der Waals surface area contributed by atoms with E-state index in [4.69, 9.17) is 52.6 Å². The van der Waals surface area contributed by atoms with E-state index in [9.17, 15) is 14.3 Å². The van der Waals surface area contributed by atoms with Crippen LogP contribution < -0.4 is 0 Å². The summed E-state index contributed by atoms with van der Waals surface area (Å²) in [7, 11) is 0. The van der Waals surface area contributed by atoms with Gasteiger partial charge in [0.25, 0.3) is 0 Å². The molecule has 1 N–H and O–H groups in total. The number of carboxylic acid groups (broad SMARTS) is 1. The highest BCUT2D eigenvalue weighted by atomic mass is 35.5. The van der Waals surface area contributed by atoms with Gasteiger partial charge in [0.1, 0.15) is 54.4 Å². The molecule has 1 aliphatic carbocycles. The summed E-state index contributed by atoms with van der Waals surface area (Å²) >= 11 is 6.26. The Balaban J connectivity index is 0.000000132. The van der Waals surface area contributed by atoms with Crippen molar-refractivity contribution in [2.45, 2.75) is 149 Å². The predicted octanol–water partition coefficient (Wildman–Crippen LogP) is 19.4. The molecule has 8 aromatic heterocycles. The van der Waals surface area contributed by atoms with E-state index in [2.05, 4.69) is 164 Å². The number of fused-ring (bicyclic) bond motifs is 4. The van der Waals surface area contributed by atoms with Gasteiger partial charge in [0.05, 0.1) is 150 Å². The molecule has 0 aliphatic heterocycles. The molecule has 18 aromatic rings. The number of nitrogens with zero attached hydrogens (tertiary/aromatic N) is 24. The van der Waals surface area contributed by atoms with Crippen molar-refractivity contribution < 1.29 is 14.3 Å². The van der Waals surface area contributed by atoms with Gasteiger partial charge >= 0.3 is 5.97 Å². The van der Waals surface area contributed by atoms with Crippen LogP contribution in [-0.2, 0) is 96.3 Å². The summed E-state index contributed by atoms with van der Waals surface area (Å²) in [6.07, 6.45) is 14.1. The van der Waals surface area contributed by atoms with Crippen molar-refractivity contribution in [1.29, 1.82) is 21.0 Å². The molecule has 1 fully saturated rings. The largest absolute Gasteiger partial charge is 0.481 e. The summed E-state index contributed by atoms with van der Waals surface area (Å²) in [4.78, 5) is 39.8. The van der Waals surface area contributed by atoms with E-state index in [1.807, 2.05) is 213 Å². The van der Waals surface area contributed by atoms with Crippen LogP contribution in [0.5, 0.6) is 0 Å². The average Bonchev–Trinajstić information content (AvgIpc) is 1.81. The van der Waals surface area contributed by atoms with Gasteiger partial charge in [-0.2, -0.15) is 21.0 Å². The number of aromatic nitrogens is 16. The lowest BCUT2D eigenvalue weighted by Gasteiger charge is -2.34. The summed E-state index contributed by atoms with van der Waals surface area (Å²) in [6.45, 7) is 10.7. The monoisotopic (exact) mass is 1830 g/mol. The Hall–Kier alpha value is -16.1. The van der Waals surface area contributed by atoms with Gasteiger partial charge in [-0.1, -0.05) is 201 Å². The molecule has 26 nitrogen and oxygen atoms in total. The average molecular weight is 1830 g/mol. The number of hydrogen-bond donors (Lipinski definition) is 1. The van der Waals surface area contributed by atoms with Crippen molar-refractivity contribution in [2.24, 2.45) is 0 Å². The lowest BCUT2D eigenvalue weighted by molar-refractivity contribution is -0.137. The number of para-hydroxylation sites is 4. The topological polar surface area (TPSA) is 320 Å². The fourth-order valence-electron chi connectivity index (χ4n) is 16.8. The number of carboxylic acids is 1. The van der Waals surface area contributed by atoms with Crippen LogP contribution in [0.4, 0.5) is 4.39 Å². The first-order chi connectivity index (χ1) is 67.1. The van der Waals surface area contributed by atoms with Gasteiger partial charge in [-0.3, -0.25) is 44.3 Å². The zero-order valence-corrected chi connectivity index (χ0v) is 76.6. The molecule has 0 bridgehead atoms. The molecular weight excluding hydrogens is 1730 g/mol. The molecule has 0 radical (unpaired) electrons. The molecule has 0 spiro atoms. The SMILES string of the molecule is CC(Cc1ccc(F)cc1)N(Cc1ccc2ccccc2n1)Cc1nncn1Cc1ccc(C#N)cc1.N#Cc1ccc(Cn2cnnc2CN(CCC(=O)O)Cc2ccc3ccccc3n2)cc1.N#Cc1ccc(Cn2cnnc2CN(Cc2ccc3ccccc3n2)C2CCCCC2)cc1.N#Cc1ccc(Cn2cnnc2CN(Cc2cccc(Cl)c2)Cc2ccc3ccccc3n2)cc1. The van der Waals surface area contributed by atoms with Crippen LogP contribution in [-0.4, -0.2) is 128 Å². The van der Waals surface area contributed by atoms with E-state index in [-0.39, 0.29) is 18.3 Å². The fourth-order valence-corrected chi connectivity index (χ4v) is 17.0. The van der Waals surface area contributed by atoms with E-state index in [0.717, 1.165) is 142 Å². The quantitative estimate of drug-likeness (QED) is 0.0399. The number of benzene rings is 10. The molecule has 1 saturated carbocycles. The van der Waals surface area contributed by atoms with Crippen LogP contribution in [0.1, 0.15) is 147 Å². The second-order valence-corrected chi connectivity index (χ2v) is 34.6. The van der Waals surface area contributed by atoms with Crippen molar-refractivity contribution >= 4 is 61.2 Å². The molecule has 8 heterocycles. The number of pyridine rings is 4. The standard InChI is InChI=1S/C30H27FN6.C28H23ClN6.C27H28N6.C24H22N6O2/c1-22(16-23-10-13-27(31)14-11-23)36(19-28-15-12-26-4-2-3-5-29(26)34-28)20-30-35-33-21-37(30)18-25-8-6-24(17-32)7-9-25;29-25-6-3-4-23(14-25)16-34(18-26-13-12-24-5-1-2-7-27(24)32-26)19-28-33-31-20-35(28)17-22-10-8-21(15-30)9-11-22;28-16-21-10-12-22(13-11-21)17-33-20-29-31-27(33)19-32(25-7-2-1-3-8-25)18-24-15-14-23-6-4-5-9-26(23)30-24;25-13-18-5-7-19(8-6-18)14-30-17-26-28-23(30)16-29(12-11-24(31)32)15-21-10-9-20-3-1-2-4-22(20)27-21/h2-15,21-22H,16,18-20H2,1H3;1-14,20H,16-19H2;4-6,9-15,20,25H,1-3,7-8,17-19H2;1-10,17H,11-12,14-16H2,(H,31,32). The minimum atomic E-state index is -0.847. The van der Waals surface area contributed by atoms with E-state index in [1.165, 1.54) is 49.6 Å². The molecule has 1 atom stereocenters. The molecule has 0 amide bonds. The number of halogens is 2. The maximum Gasteiger partial charge on any atom is 0.304 e. The van der Waals surface area contributed by atoms with Gasteiger partial charge in [-0.25, -0.2) is 4.39 Å². The third-order valence-electron chi connectivity index (χ3n) is 24.2. The Bertz CT molecular complexity index is 7240. The Morgan fingerprint density at radius 2 is 0.745 bits per heavy atom. The molecular formula is C109H100ClFN24O2. The third kappa shape index (κ3) is 26.9. The summed E-state index contributed by atoms with van der Waals surface area (Å²) in [6, 6.07) is 103. The Kier molecular flexibility index (Phi) is 32.3. The molecule has 137 heavy (non-hydrogen) atoms. The van der Waals surface area contributed by atoms with Crippen molar-refractivity contribution in [2.75, 3.05) is 6.54 Å². The number of carbonyl (C=O) groups is 1. The van der Waals surface area contributed by atoms with Crippen LogP contribution >= 0.6 is 11.6 Å². The van der Waals surface area contributed by atoms with Crippen molar-refractivity contribution in [3.63, 3.8) is 0 Å². The molecule has 0 saturated heterocycles. The number of nitriles is 4. The third-order valence-corrected chi connectivity index (χ3v) is 24.4. The van der Waals surface area contributed by atoms with Crippen LogP contribution in [0.25, 0.3) is 43.6 Å². The van der Waals surface area contributed by atoms with Crippen LogP contribution in [0, 0.1) is 51.1 Å². The summed E-state index contributed by atoms with van der Waals surface area (Å²) in [5.41, 5.74) is 16.9. The lowest BCUT2D eigenvalue weighted by atomic mass is 9.94. The van der Waals surface area contributed by atoms with E-state index in [1.54, 1.807) is 37.4 Å². The van der Waals surface area contributed by atoms with Gasteiger partial charge in [-0.05, 0) is 181 Å². The van der Waals surface area contributed by atoms with Gasteiger partial charge in [0, 0.05) is 77.9 Å². The second kappa shape index (κ2) is 47.0. The molecule has 682 valence electrons. The first kappa shape index (κ1) is 94.1. The van der Waals surface area contributed by atoms with Crippen LogP contribution in [0.3, 0.4) is 0 Å². The first-order valence-electron chi connectivity index (χ1n) is 45.6. The number of aliphatic carboxylic acids is 1.